The van der Waals surface area contributed by atoms with Gasteiger partial charge < -0.3 is 4.42 Å². The zero-order valence-electron chi connectivity index (χ0n) is 3.67. The molecule has 0 aromatic carbocycles. The van der Waals surface area contributed by atoms with Gasteiger partial charge in [-0.25, -0.2) is 0 Å². The van der Waals surface area contributed by atoms with E-state index >= 15 is 0 Å². The van der Waals surface area contributed by atoms with Crippen LogP contribution in [0.25, 0.3) is 0 Å². The Balaban J connectivity index is 3.00. The van der Waals surface area contributed by atoms with Crippen LogP contribution in [0, 0.1) is 3.90 Å². The summed E-state index contributed by atoms with van der Waals surface area (Å²) >= 11 is 1.82. The van der Waals surface area contributed by atoms with Crippen molar-refractivity contribution >= 4 is 28.9 Å². The molecule has 4 nitrogen and oxygen atoms in total. The topological polar surface area (TPSA) is 56.0 Å². The van der Waals surface area contributed by atoms with Crippen molar-refractivity contribution in [1.82, 2.24) is 10.2 Å². The van der Waals surface area contributed by atoms with E-state index in [9.17, 15) is 4.79 Å². The van der Waals surface area contributed by atoms with E-state index in [2.05, 4.69) is 14.6 Å². The van der Waals surface area contributed by atoms with Crippen molar-refractivity contribution in [2.45, 2.75) is 0 Å². The molecule has 1 aromatic rings. The molecule has 0 spiro atoms. The Labute approximate surface area is 58.4 Å². The molecule has 1 aromatic heterocycles. The van der Waals surface area contributed by atoms with Crippen LogP contribution >= 0.6 is 22.6 Å². The van der Waals surface area contributed by atoms with Crippen molar-refractivity contribution in [2.24, 2.45) is 0 Å². The fourth-order valence-electron chi connectivity index (χ4n) is 0.263. The Kier molecular flexibility index (Phi) is 1.56. The summed E-state index contributed by atoms with van der Waals surface area (Å²) in [6.45, 7) is 0. The molecule has 5 heteroatoms. The minimum absolute atomic E-state index is 0.0226. The van der Waals surface area contributed by atoms with E-state index in [0.717, 1.165) is 0 Å². The van der Waals surface area contributed by atoms with E-state index in [1.54, 1.807) is 0 Å². The van der Waals surface area contributed by atoms with Crippen LogP contribution in [0.2, 0.25) is 0 Å². The molecule has 0 bridgehead atoms. The van der Waals surface area contributed by atoms with Gasteiger partial charge >= 0.3 is 0 Å². The van der Waals surface area contributed by atoms with Gasteiger partial charge in [0.15, 0.2) is 0 Å². The van der Waals surface area contributed by atoms with Crippen molar-refractivity contribution in [3.63, 3.8) is 0 Å². The lowest BCUT2D eigenvalue weighted by molar-refractivity contribution is 0.109. The van der Waals surface area contributed by atoms with E-state index in [4.69, 9.17) is 0 Å². The average molecular weight is 224 g/mol. The number of hydrogen-bond acceptors (Lipinski definition) is 4. The first-order valence-corrected chi connectivity index (χ1v) is 2.85. The highest BCUT2D eigenvalue weighted by Crippen LogP contribution is 1.98. The van der Waals surface area contributed by atoms with Gasteiger partial charge in [-0.2, -0.15) is 0 Å². The SMILES string of the molecule is O=Cc1nnc(I)o1. The summed E-state index contributed by atoms with van der Waals surface area (Å²) in [5, 5.41) is 6.77. The van der Waals surface area contributed by atoms with Gasteiger partial charge in [0, 0.05) is 22.6 Å². The maximum Gasteiger partial charge on any atom is 0.281 e. The highest BCUT2D eigenvalue weighted by Gasteiger charge is 1.97. The second-order valence-electron chi connectivity index (χ2n) is 1.01. The summed E-state index contributed by atoms with van der Waals surface area (Å²) in [7, 11) is 0. The number of aldehydes is 1. The van der Waals surface area contributed by atoms with Gasteiger partial charge in [0.1, 0.15) is 0 Å². The molecule has 0 unspecified atom stereocenters. The molecule has 1 rings (SSSR count). The summed E-state index contributed by atoms with van der Waals surface area (Å²) in [6.07, 6.45) is 0.509. The molecule has 0 amide bonds. The number of aromatic nitrogens is 2. The van der Waals surface area contributed by atoms with Crippen LogP contribution in [-0.4, -0.2) is 16.5 Å². The smallest absolute Gasteiger partial charge is 0.281 e. The Morgan fingerprint density at radius 2 is 2.38 bits per heavy atom. The summed E-state index contributed by atoms with van der Waals surface area (Å²) in [4.78, 5) is 9.82. The maximum atomic E-state index is 9.82. The molecule has 0 saturated heterocycles. The van der Waals surface area contributed by atoms with E-state index in [1.807, 2.05) is 22.6 Å². The fourth-order valence-corrected chi connectivity index (χ4v) is 0.597. The predicted octanol–water partition coefficient (Wildman–Crippen LogP) is 0.487. The standard InChI is InChI=1S/C3HIN2O2/c4-3-6-5-2(1-7)8-3/h1H. The molecule has 42 valence electrons. The average Bonchev–Trinajstić information content (AvgIpc) is 2.14. The quantitative estimate of drug-likeness (QED) is 0.514. The van der Waals surface area contributed by atoms with Crippen LogP contribution in [0.5, 0.6) is 0 Å². The number of rotatable bonds is 1. The summed E-state index contributed by atoms with van der Waals surface area (Å²) in [5.41, 5.74) is 0. The van der Waals surface area contributed by atoms with Crippen molar-refractivity contribution < 1.29 is 9.21 Å². The van der Waals surface area contributed by atoms with Crippen LogP contribution in [0.3, 0.4) is 0 Å². The Hall–Kier alpha value is -0.460. The largest absolute Gasteiger partial charge is 0.409 e. The van der Waals surface area contributed by atoms with Gasteiger partial charge in [-0.05, 0) is 0 Å². The maximum absolute atomic E-state index is 9.82. The lowest BCUT2D eigenvalue weighted by atomic mass is 10.8. The number of carbonyl (C=O) groups is 1. The third-order valence-corrected chi connectivity index (χ3v) is 0.953. The molecule has 1 heterocycles. The molecule has 0 aliphatic heterocycles. The van der Waals surface area contributed by atoms with E-state index in [1.165, 1.54) is 0 Å². The fraction of sp³-hybridized carbons (Fsp3) is 0. The molecule has 0 fully saturated rings. The van der Waals surface area contributed by atoms with Gasteiger partial charge in [-0.1, -0.05) is 0 Å². The van der Waals surface area contributed by atoms with Crippen LogP contribution in [0.15, 0.2) is 4.42 Å². The Morgan fingerprint density at radius 1 is 1.62 bits per heavy atom. The first-order chi connectivity index (χ1) is 3.83. The Bertz CT molecular complexity index is 197. The molecule has 0 saturated carbocycles. The van der Waals surface area contributed by atoms with Crippen LogP contribution in [0.1, 0.15) is 10.7 Å². The molecular formula is C3HIN2O2. The monoisotopic (exact) mass is 224 g/mol. The minimum Gasteiger partial charge on any atom is -0.409 e. The zero-order chi connectivity index (χ0) is 5.98. The highest BCUT2D eigenvalue weighted by atomic mass is 127. The normalized spacial score (nSPS) is 9.12. The lowest BCUT2D eigenvalue weighted by Gasteiger charge is -1.68. The predicted molar refractivity (Wildman–Crippen MR) is 32.4 cm³/mol. The van der Waals surface area contributed by atoms with Crippen molar-refractivity contribution in [3.8, 4) is 0 Å². The van der Waals surface area contributed by atoms with Gasteiger partial charge in [-0.15, -0.1) is 10.2 Å². The van der Waals surface area contributed by atoms with E-state index < -0.39 is 0 Å². The second kappa shape index (κ2) is 2.21. The van der Waals surface area contributed by atoms with Gasteiger partial charge in [-0.3, -0.25) is 4.79 Å². The summed E-state index contributed by atoms with van der Waals surface area (Å²) in [5.74, 6) is 0.0226. The van der Waals surface area contributed by atoms with Crippen molar-refractivity contribution in [3.05, 3.63) is 9.79 Å². The third-order valence-electron chi connectivity index (χ3n) is 0.517. The number of nitrogens with zero attached hydrogens (tertiary/aromatic N) is 2. The highest BCUT2D eigenvalue weighted by molar-refractivity contribution is 14.1. The van der Waals surface area contributed by atoms with Crippen molar-refractivity contribution in [2.75, 3.05) is 0 Å². The van der Waals surface area contributed by atoms with Crippen LogP contribution in [0.4, 0.5) is 0 Å². The lowest BCUT2D eigenvalue weighted by Crippen LogP contribution is -1.75. The van der Waals surface area contributed by atoms with Gasteiger partial charge in [0.2, 0.25) is 6.29 Å². The molecule has 0 radical (unpaired) electrons. The molecule has 8 heavy (non-hydrogen) atoms. The number of halogens is 1. The number of carbonyl (C=O) groups excluding carboxylic acids is 1. The van der Waals surface area contributed by atoms with Gasteiger partial charge in [0.25, 0.3) is 9.79 Å². The van der Waals surface area contributed by atoms with E-state index in [-0.39, 0.29) is 5.89 Å². The molecule has 0 aliphatic rings. The first-order valence-electron chi connectivity index (χ1n) is 1.77. The molecular weight excluding hydrogens is 223 g/mol. The molecule has 0 N–H and O–H groups in total. The van der Waals surface area contributed by atoms with Crippen molar-refractivity contribution in [1.29, 1.82) is 0 Å². The van der Waals surface area contributed by atoms with Crippen LogP contribution < -0.4 is 0 Å². The third kappa shape index (κ3) is 1.03. The Morgan fingerprint density at radius 3 is 2.62 bits per heavy atom. The molecule has 0 aliphatic carbocycles. The summed E-state index contributed by atoms with van der Waals surface area (Å²) < 4.78 is 5.01. The molecule has 0 atom stereocenters. The van der Waals surface area contributed by atoms with Gasteiger partial charge in [0.05, 0.1) is 0 Å². The second-order valence-corrected chi connectivity index (χ2v) is 1.93. The van der Waals surface area contributed by atoms with Crippen LogP contribution in [-0.2, 0) is 0 Å². The number of hydrogen-bond donors (Lipinski definition) is 0. The summed E-state index contributed by atoms with van der Waals surface area (Å²) in [6, 6.07) is 0. The zero-order valence-corrected chi connectivity index (χ0v) is 5.82. The minimum atomic E-state index is 0.0226. The van der Waals surface area contributed by atoms with E-state index in [0.29, 0.717) is 10.2 Å². The first kappa shape index (κ1) is 5.67.